The highest BCUT2D eigenvalue weighted by molar-refractivity contribution is 5.83. The van der Waals surface area contributed by atoms with Crippen LogP contribution in [0, 0.1) is 5.41 Å². The molecule has 21 heavy (non-hydrogen) atoms. The molecular formula is C18H26O3. The third-order valence-electron chi connectivity index (χ3n) is 3.93. The third-order valence-corrected chi connectivity index (χ3v) is 3.93. The maximum Gasteiger partial charge on any atom is 0.137 e. The van der Waals surface area contributed by atoms with E-state index >= 15 is 0 Å². The number of aliphatic hydroxyl groups is 1. The van der Waals surface area contributed by atoms with Crippen molar-refractivity contribution in [2.24, 2.45) is 5.41 Å². The molecule has 1 N–H and O–H groups in total. The summed E-state index contributed by atoms with van der Waals surface area (Å²) >= 11 is 0. The molecule has 0 aliphatic heterocycles. The van der Waals surface area contributed by atoms with Gasteiger partial charge in [-0.15, -0.1) is 0 Å². The van der Waals surface area contributed by atoms with E-state index in [1.165, 1.54) is 0 Å². The zero-order valence-corrected chi connectivity index (χ0v) is 13.3. The van der Waals surface area contributed by atoms with E-state index in [1.54, 1.807) is 0 Å². The molecular weight excluding hydrogens is 264 g/mol. The number of rotatable bonds is 5. The lowest BCUT2D eigenvalue weighted by Crippen LogP contribution is -2.21. The molecule has 1 unspecified atom stereocenters. The minimum absolute atomic E-state index is 0.229. The molecule has 0 heterocycles. The van der Waals surface area contributed by atoms with Gasteiger partial charge in [-0.2, -0.15) is 0 Å². The van der Waals surface area contributed by atoms with Gasteiger partial charge >= 0.3 is 0 Å². The average molecular weight is 290 g/mol. The topological polar surface area (TPSA) is 46.5 Å². The molecule has 0 aromatic heterocycles. The molecule has 1 aromatic carbocycles. The van der Waals surface area contributed by atoms with Gasteiger partial charge in [0, 0.05) is 12.8 Å². The summed E-state index contributed by atoms with van der Waals surface area (Å²) in [5.74, 6) is 1.12. The maximum atomic E-state index is 11.5. The van der Waals surface area contributed by atoms with Crippen molar-refractivity contribution in [1.29, 1.82) is 0 Å². The van der Waals surface area contributed by atoms with Gasteiger partial charge < -0.3 is 9.84 Å². The lowest BCUT2D eigenvalue weighted by molar-refractivity contribution is -0.118. The van der Waals surface area contributed by atoms with Crippen LogP contribution >= 0.6 is 0 Å². The van der Waals surface area contributed by atoms with Crippen LogP contribution in [-0.4, -0.2) is 23.6 Å². The minimum atomic E-state index is -0.440. The van der Waals surface area contributed by atoms with E-state index in [9.17, 15) is 9.90 Å². The predicted octanol–water partition coefficient (Wildman–Crippen LogP) is 3.31. The summed E-state index contributed by atoms with van der Waals surface area (Å²) < 4.78 is 5.81. The van der Waals surface area contributed by atoms with Crippen LogP contribution in [0.3, 0.4) is 0 Å². The number of carbonyl (C=O) groups excluding carboxylic acids is 1. The van der Waals surface area contributed by atoms with Gasteiger partial charge in [0.25, 0.3) is 0 Å². The first-order valence-electron chi connectivity index (χ1n) is 7.78. The molecule has 2 rings (SSSR count). The minimum Gasteiger partial charge on any atom is -0.491 e. The number of hydrogen-bond acceptors (Lipinski definition) is 3. The van der Waals surface area contributed by atoms with Crippen molar-refractivity contribution in [2.45, 2.75) is 59.0 Å². The molecule has 0 spiro atoms. The lowest BCUT2D eigenvalue weighted by Gasteiger charge is -2.22. The van der Waals surface area contributed by atoms with Crippen LogP contribution in [0.15, 0.2) is 18.2 Å². The molecule has 0 fully saturated rings. The summed E-state index contributed by atoms with van der Waals surface area (Å²) in [6.45, 7) is 6.84. The number of ketones is 1. The summed E-state index contributed by atoms with van der Waals surface area (Å²) in [6, 6.07) is 5.86. The summed E-state index contributed by atoms with van der Waals surface area (Å²) in [7, 11) is 0. The van der Waals surface area contributed by atoms with Gasteiger partial charge in [0.2, 0.25) is 0 Å². The van der Waals surface area contributed by atoms with E-state index in [0.717, 1.165) is 36.1 Å². The molecule has 1 aliphatic carbocycles. The average Bonchev–Trinajstić information content (AvgIpc) is 2.41. The summed E-state index contributed by atoms with van der Waals surface area (Å²) in [6.07, 6.45) is 3.14. The van der Waals surface area contributed by atoms with Crippen LogP contribution in [0.4, 0.5) is 0 Å². The zero-order valence-electron chi connectivity index (χ0n) is 13.3. The van der Waals surface area contributed by atoms with Crippen molar-refractivity contribution in [1.82, 2.24) is 0 Å². The molecule has 0 radical (unpaired) electrons. The second-order valence-electron chi connectivity index (χ2n) is 7.17. The van der Waals surface area contributed by atoms with Gasteiger partial charge in [0.1, 0.15) is 18.1 Å². The molecule has 1 aliphatic rings. The van der Waals surface area contributed by atoms with Crippen molar-refractivity contribution in [3.8, 4) is 5.75 Å². The Morgan fingerprint density at radius 1 is 1.29 bits per heavy atom. The number of hydrogen-bond donors (Lipinski definition) is 1. The lowest BCUT2D eigenvalue weighted by atomic mass is 9.89. The Morgan fingerprint density at radius 3 is 2.76 bits per heavy atom. The normalized spacial score (nSPS) is 16.5. The second kappa shape index (κ2) is 6.61. The number of benzene rings is 1. The van der Waals surface area contributed by atoms with Crippen molar-refractivity contribution in [3.63, 3.8) is 0 Å². The van der Waals surface area contributed by atoms with Crippen LogP contribution in [0.25, 0.3) is 0 Å². The van der Waals surface area contributed by atoms with Crippen LogP contribution in [0.2, 0.25) is 0 Å². The van der Waals surface area contributed by atoms with Crippen LogP contribution in [0.5, 0.6) is 5.75 Å². The summed E-state index contributed by atoms with van der Waals surface area (Å²) in [5, 5.41) is 10.0. The Balaban J connectivity index is 1.92. The molecule has 0 amide bonds. The van der Waals surface area contributed by atoms with E-state index in [2.05, 4.69) is 20.8 Å². The molecule has 1 atom stereocenters. The number of aliphatic hydroxyl groups excluding tert-OH is 1. The molecule has 3 nitrogen and oxygen atoms in total. The fourth-order valence-corrected chi connectivity index (χ4v) is 2.63. The van der Waals surface area contributed by atoms with E-state index in [1.807, 2.05) is 18.2 Å². The number of fused-ring (bicyclic) bond motifs is 1. The van der Waals surface area contributed by atoms with Gasteiger partial charge in [0.15, 0.2) is 0 Å². The van der Waals surface area contributed by atoms with E-state index in [-0.39, 0.29) is 5.41 Å². The van der Waals surface area contributed by atoms with Gasteiger partial charge in [-0.1, -0.05) is 32.9 Å². The Labute approximate surface area is 127 Å². The number of Topliss-reactive ketones (excluding diaryl/α,β-unsaturated/α-hetero) is 1. The summed E-state index contributed by atoms with van der Waals surface area (Å²) in [5.41, 5.74) is 2.45. The van der Waals surface area contributed by atoms with Crippen LogP contribution in [0.1, 0.15) is 51.2 Å². The highest BCUT2D eigenvalue weighted by atomic mass is 16.5. The Bertz CT molecular complexity index is 500. The molecule has 1 aromatic rings. The molecule has 0 saturated heterocycles. The van der Waals surface area contributed by atoms with Gasteiger partial charge in [0.05, 0.1) is 6.10 Å². The van der Waals surface area contributed by atoms with Crippen molar-refractivity contribution in [3.05, 3.63) is 29.3 Å². The van der Waals surface area contributed by atoms with Crippen LogP contribution in [-0.2, 0) is 17.6 Å². The van der Waals surface area contributed by atoms with Gasteiger partial charge in [-0.3, -0.25) is 4.79 Å². The fraction of sp³-hybridized carbons (Fsp3) is 0.611. The molecule has 0 saturated carbocycles. The molecule has 3 heteroatoms. The Morgan fingerprint density at radius 2 is 2.05 bits per heavy atom. The van der Waals surface area contributed by atoms with E-state index in [0.29, 0.717) is 25.2 Å². The van der Waals surface area contributed by atoms with Crippen molar-refractivity contribution >= 4 is 5.78 Å². The highest BCUT2D eigenvalue weighted by Crippen LogP contribution is 2.29. The number of carbonyl (C=O) groups is 1. The van der Waals surface area contributed by atoms with Crippen molar-refractivity contribution in [2.75, 3.05) is 6.61 Å². The maximum absolute atomic E-state index is 11.5. The SMILES string of the molecule is CC(C)(C)CCC(O)COc1cccc2c1CCC(=O)C2. The first kappa shape index (κ1) is 16.0. The second-order valence-corrected chi connectivity index (χ2v) is 7.17. The van der Waals surface area contributed by atoms with Crippen molar-refractivity contribution < 1.29 is 14.6 Å². The van der Waals surface area contributed by atoms with Gasteiger partial charge in [-0.25, -0.2) is 0 Å². The quantitative estimate of drug-likeness (QED) is 0.905. The molecule has 0 bridgehead atoms. The molecule has 116 valence electrons. The standard InChI is InChI=1S/C18H26O3/c1-18(2,3)10-9-15(20)12-21-17-6-4-5-13-11-14(19)7-8-16(13)17/h4-6,15,20H,7-12H2,1-3H3. The third kappa shape index (κ3) is 4.85. The first-order valence-corrected chi connectivity index (χ1v) is 7.78. The monoisotopic (exact) mass is 290 g/mol. The first-order chi connectivity index (χ1) is 9.85. The van der Waals surface area contributed by atoms with Gasteiger partial charge in [-0.05, 0) is 41.9 Å². The fourth-order valence-electron chi connectivity index (χ4n) is 2.63. The zero-order chi connectivity index (χ0) is 15.5. The van der Waals surface area contributed by atoms with Crippen LogP contribution < -0.4 is 4.74 Å². The Hall–Kier alpha value is -1.35. The predicted molar refractivity (Wildman–Crippen MR) is 83.7 cm³/mol. The Kier molecular flexibility index (Phi) is 5.04. The highest BCUT2D eigenvalue weighted by Gasteiger charge is 2.20. The van der Waals surface area contributed by atoms with E-state index < -0.39 is 6.10 Å². The number of ether oxygens (including phenoxy) is 1. The largest absolute Gasteiger partial charge is 0.491 e. The summed E-state index contributed by atoms with van der Waals surface area (Å²) in [4.78, 5) is 11.5. The smallest absolute Gasteiger partial charge is 0.137 e. The van der Waals surface area contributed by atoms with E-state index in [4.69, 9.17) is 4.74 Å².